The molecule has 1 N–H and O–H groups in total. The topological polar surface area (TPSA) is 55.9 Å². The first-order valence-corrected chi connectivity index (χ1v) is 16.0. The highest BCUT2D eigenvalue weighted by atomic mass is 32.2. The Labute approximate surface area is 244 Å². The first-order valence-electron chi connectivity index (χ1n) is 14.5. The molecule has 4 rings (SSSR count). The average molecular weight is 593 g/mol. The number of piperidine rings is 1. The van der Waals surface area contributed by atoms with Crippen molar-refractivity contribution in [1.29, 1.82) is 0 Å². The maximum Gasteiger partial charge on any atom is 0.417 e. The largest absolute Gasteiger partial charge is 0.417 e. The fraction of sp³-hybridized carbons (Fsp3) is 0.581. The van der Waals surface area contributed by atoms with Gasteiger partial charge in [-0.25, -0.2) is 0 Å². The minimum Gasteiger partial charge on any atom is -0.382 e. The highest BCUT2D eigenvalue weighted by Gasteiger charge is 2.35. The van der Waals surface area contributed by atoms with Gasteiger partial charge in [-0.2, -0.15) is 13.2 Å². The van der Waals surface area contributed by atoms with Crippen molar-refractivity contribution in [2.24, 2.45) is 0 Å². The molecule has 41 heavy (non-hydrogen) atoms. The van der Waals surface area contributed by atoms with E-state index in [0.717, 1.165) is 45.2 Å². The Hall–Kier alpha value is -2.59. The molecule has 2 aromatic carbocycles. The Morgan fingerprint density at radius 1 is 0.951 bits per heavy atom. The molecule has 0 saturated carbocycles. The molecule has 1 unspecified atom stereocenters. The smallest absolute Gasteiger partial charge is 0.382 e. The summed E-state index contributed by atoms with van der Waals surface area (Å²) in [5.41, 5.74) is 2.24. The molecule has 1 atom stereocenters. The van der Waals surface area contributed by atoms with Gasteiger partial charge in [0.1, 0.15) is 0 Å². The quantitative estimate of drug-likeness (QED) is 0.424. The molecule has 2 aliphatic rings. The van der Waals surface area contributed by atoms with E-state index in [1.54, 1.807) is 6.07 Å². The average Bonchev–Trinajstić information content (AvgIpc) is 2.93. The first kappa shape index (κ1) is 31.3. The van der Waals surface area contributed by atoms with Crippen molar-refractivity contribution in [2.75, 3.05) is 62.3 Å². The molecule has 0 aromatic heterocycles. The van der Waals surface area contributed by atoms with Crippen molar-refractivity contribution < 1.29 is 22.2 Å². The second-order valence-electron chi connectivity index (χ2n) is 12.2. The number of hydrogen-bond acceptors (Lipinski definition) is 5. The van der Waals surface area contributed by atoms with Gasteiger partial charge in [0.05, 0.1) is 21.3 Å². The monoisotopic (exact) mass is 592 g/mol. The van der Waals surface area contributed by atoms with E-state index in [1.165, 1.54) is 23.6 Å². The van der Waals surface area contributed by atoms with Crippen LogP contribution in [0.2, 0.25) is 0 Å². The third-order valence-electron chi connectivity index (χ3n) is 8.15. The zero-order valence-electron chi connectivity index (χ0n) is 24.6. The molecule has 0 spiro atoms. The predicted octanol–water partition coefficient (Wildman–Crippen LogP) is 5.75. The van der Waals surface area contributed by atoms with Crippen LogP contribution < -0.4 is 10.2 Å². The number of carbonyl (C=O) groups is 1. The van der Waals surface area contributed by atoms with Crippen LogP contribution in [0.25, 0.3) is 0 Å². The fourth-order valence-electron chi connectivity index (χ4n) is 5.61. The van der Waals surface area contributed by atoms with Crippen LogP contribution in [0.4, 0.5) is 24.5 Å². The molecule has 0 radical (unpaired) electrons. The highest BCUT2D eigenvalue weighted by molar-refractivity contribution is 7.84. The van der Waals surface area contributed by atoms with Crippen LogP contribution in [0.5, 0.6) is 0 Å². The number of hydrogen-bond donors (Lipinski definition) is 1. The Balaban J connectivity index is 1.16. The minimum absolute atomic E-state index is 0.0148. The summed E-state index contributed by atoms with van der Waals surface area (Å²) in [5, 5.41) is 3.18. The maximum atomic E-state index is 13.4. The lowest BCUT2D eigenvalue weighted by Crippen LogP contribution is -2.47. The van der Waals surface area contributed by atoms with Crippen molar-refractivity contribution in [1.82, 2.24) is 9.80 Å². The number of anilines is 2. The molecule has 226 valence electrons. The molecule has 2 heterocycles. The van der Waals surface area contributed by atoms with Gasteiger partial charge in [-0.05, 0) is 67.1 Å². The Morgan fingerprint density at radius 2 is 1.59 bits per heavy atom. The summed E-state index contributed by atoms with van der Waals surface area (Å²) in [5.74, 6) is 0.148. The highest BCUT2D eigenvalue weighted by Crippen LogP contribution is 2.35. The fourth-order valence-corrected chi connectivity index (χ4v) is 6.36. The van der Waals surface area contributed by atoms with E-state index in [0.29, 0.717) is 38.0 Å². The molecular weight excluding hydrogens is 549 g/mol. The van der Waals surface area contributed by atoms with Crippen molar-refractivity contribution in [3.8, 4) is 0 Å². The number of rotatable bonds is 8. The lowest BCUT2D eigenvalue weighted by molar-refractivity contribution is -0.139. The normalized spacial score (nSPS) is 18.4. The van der Waals surface area contributed by atoms with Crippen LogP contribution >= 0.6 is 0 Å². The molecule has 10 heteroatoms. The molecule has 2 aliphatic heterocycles. The van der Waals surface area contributed by atoms with E-state index in [-0.39, 0.29) is 22.3 Å². The Bertz CT molecular complexity index is 1200. The van der Waals surface area contributed by atoms with E-state index in [9.17, 15) is 22.2 Å². The third kappa shape index (κ3) is 8.47. The van der Waals surface area contributed by atoms with Gasteiger partial charge in [-0.15, -0.1) is 0 Å². The third-order valence-corrected chi connectivity index (χ3v) is 9.12. The van der Waals surface area contributed by atoms with Crippen LogP contribution in [0.15, 0.2) is 47.4 Å². The Morgan fingerprint density at radius 3 is 2.15 bits per heavy atom. The number of benzene rings is 2. The second kappa shape index (κ2) is 13.2. The standard InChI is InChI=1S/C31H43F3N4O2S/c1-30(2,3)23-7-10-26(11-8-23)37-20-18-36(19-21-37)15-5-6-29(39)38-16-13-24(14-17-38)35-25-9-12-28(41(4)40)27(22-25)31(32,33)34/h7-12,22,24,35H,5-6,13-21H2,1-4H3. The lowest BCUT2D eigenvalue weighted by Gasteiger charge is -2.36. The number of nitrogens with one attached hydrogen (secondary N) is 1. The number of likely N-dealkylation sites (tertiary alicyclic amines) is 1. The molecule has 2 aromatic rings. The van der Waals surface area contributed by atoms with Crippen LogP contribution in [-0.2, 0) is 27.2 Å². The maximum absolute atomic E-state index is 13.4. The van der Waals surface area contributed by atoms with Crippen LogP contribution in [0.1, 0.15) is 57.6 Å². The van der Waals surface area contributed by atoms with E-state index in [1.807, 2.05) is 4.90 Å². The van der Waals surface area contributed by atoms with Crippen molar-refractivity contribution in [3.63, 3.8) is 0 Å². The van der Waals surface area contributed by atoms with Gasteiger partial charge in [-0.3, -0.25) is 13.9 Å². The SMILES string of the molecule is CS(=O)c1ccc(NC2CCN(C(=O)CCCN3CCN(c4ccc(C(C)(C)C)cc4)CC3)CC2)cc1C(F)(F)F. The summed E-state index contributed by atoms with van der Waals surface area (Å²) in [4.78, 5) is 19.3. The van der Waals surface area contributed by atoms with Gasteiger partial charge in [0.2, 0.25) is 5.91 Å². The number of piperazine rings is 1. The van der Waals surface area contributed by atoms with Crippen molar-refractivity contribution >= 4 is 28.1 Å². The van der Waals surface area contributed by atoms with Crippen LogP contribution in [0.3, 0.4) is 0 Å². The van der Waals surface area contributed by atoms with E-state index in [2.05, 4.69) is 60.2 Å². The molecule has 0 bridgehead atoms. The zero-order chi connectivity index (χ0) is 29.8. The van der Waals surface area contributed by atoms with Gasteiger partial charge < -0.3 is 15.1 Å². The number of nitrogens with zero attached hydrogens (tertiary/aromatic N) is 3. The van der Waals surface area contributed by atoms with Crippen molar-refractivity contribution in [2.45, 2.75) is 69.0 Å². The Kier molecular flexibility index (Phi) is 10.1. The van der Waals surface area contributed by atoms with Gasteiger partial charge in [0.25, 0.3) is 0 Å². The van der Waals surface area contributed by atoms with E-state index < -0.39 is 22.5 Å². The van der Waals surface area contributed by atoms with Gasteiger partial charge in [-0.1, -0.05) is 32.9 Å². The minimum atomic E-state index is -4.57. The summed E-state index contributed by atoms with van der Waals surface area (Å²) in [7, 11) is -1.73. The second-order valence-corrected chi connectivity index (χ2v) is 13.5. The van der Waals surface area contributed by atoms with Gasteiger partial charge >= 0.3 is 6.18 Å². The van der Waals surface area contributed by atoms with Gasteiger partial charge in [0, 0.05) is 69.4 Å². The zero-order valence-corrected chi connectivity index (χ0v) is 25.4. The molecule has 6 nitrogen and oxygen atoms in total. The lowest BCUT2D eigenvalue weighted by atomic mass is 9.87. The van der Waals surface area contributed by atoms with E-state index in [4.69, 9.17) is 0 Å². The molecular formula is C31H43F3N4O2S. The summed E-state index contributed by atoms with van der Waals surface area (Å²) in [6, 6.07) is 12.7. The summed E-state index contributed by atoms with van der Waals surface area (Å²) >= 11 is 0. The number of amides is 1. The van der Waals surface area contributed by atoms with Gasteiger partial charge in [0.15, 0.2) is 0 Å². The molecule has 2 fully saturated rings. The van der Waals surface area contributed by atoms with E-state index >= 15 is 0 Å². The molecule has 0 aliphatic carbocycles. The number of alkyl halides is 3. The summed E-state index contributed by atoms with van der Waals surface area (Å²) < 4.78 is 52.1. The van der Waals surface area contributed by atoms with Crippen molar-refractivity contribution in [3.05, 3.63) is 53.6 Å². The molecule has 1 amide bonds. The van der Waals surface area contributed by atoms with Crippen LogP contribution in [0, 0.1) is 0 Å². The number of halogens is 3. The first-order chi connectivity index (χ1) is 19.3. The summed E-state index contributed by atoms with van der Waals surface area (Å²) in [6.45, 7) is 12.7. The van der Waals surface area contributed by atoms with Crippen LogP contribution in [-0.4, -0.2) is 78.0 Å². The number of carbonyl (C=O) groups excluding carboxylic acids is 1. The molecule has 2 saturated heterocycles. The summed E-state index contributed by atoms with van der Waals surface area (Å²) in [6.07, 6.45) is -0.640. The predicted molar refractivity (Wildman–Crippen MR) is 160 cm³/mol.